The van der Waals surface area contributed by atoms with Crippen LogP contribution in [-0.2, 0) is 9.47 Å². The van der Waals surface area contributed by atoms with Crippen LogP contribution >= 0.6 is 0 Å². The minimum Gasteiger partial charge on any atom is -0.378 e. The van der Waals surface area contributed by atoms with Crippen LogP contribution in [0.4, 0.5) is 13.2 Å². The first kappa shape index (κ1) is 31.1. The lowest BCUT2D eigenvalue weighted by Crippen LogP contribution is -2.13. The molecule has 0 aliphatic rings. The lowest BCUT2D eigenvalue weighted by Gasteiger charge is -2.16. The monoisotopic (exact) mass is 474 g/mol. The van der Waals surface area contributed by atoms with Crippen LogP contribution in [0.5, 0.6) is 0 Å². The molecule has 0 aromatic rings. The van der Waals surface area contributed by atoms with Crippen LogP contribution in [0, 0.1) is 5.92 Å². The molecule has 0 aliphatic carbocycles. The van der Waals surface area contributed by atoms with Crippen molar-refractivity contribution in [2.45, 2.75) is 33.3 Å². The molecule has 0 amide bonds. The Bertz CT molecular complexity index is 914. The second kappa shape index (κ2) is 15.9. The van der Waals surface area contributed by atoms with Gasteiger partial charge in [0.2, 0.25) is 0 Å². The molecule has 186 valence electrons. The number of hydrogen-bond donors (Lipinski definition) is 0. The fourth-order valence-electron chi connectivity index (χ4n) is 2.27. The van der Waals surface area contributed by atoms with Crippen molar-refractivity contribution in [2.75, 3.05) is 19.8 Å². The summed E-state index contributed by atoms with van der Waals surface area (Å²) < 4.78 is 54.0. The predicted molar refractivity (Wildman–Crippen MR) is 138 cm³/mol. The van der Waals surface area contributed by atoms with Crippen molar-refractivity contribution >= 4 is 0 Å². The van der Waals surface area contributed by atoms with Crippen molar-refractivity contribution in [1.29, 1.82) is 0 Å². The van der Waals surface area contributed by atoms with Gasteiger partial charge in [-0.1, -0.05) is 64.6 Å². The van der Waals surface area contributed by atoms with Gasteiger partial charge in [-0.2, -0.15) is 0 Å². The summed E-state index contributed by atoms with van der Waals surface area (Å²) in [5.41, 5.74) is 0.632. The van der Waals surface area contributed by atoms with Gasteiger partial charge in [0, 0.05) is 17.1 Å². The molecule has 0 heterocycles. The molecule has 1 atom stereocenters. The maximum atomic E-state index is 14.5. The highest BCUT2D eigenvalue weighted by Gasteiger charge is 2.15. The molecule has 2 nitrogen and oxygen atoms in total. The third-order valence-corrected chi connectivity index (χ3v) is 4.68. The molecule has 0 rings (SSSR count). The largest absolute Gasteiger partial charge is 0.378 e. The van der Waals surface area contributed by atoms with Crippen LogP contribution in [0.15, 0.2) is 121 Å². The van der Waals surface area contributed by atoms with Gasteiger partial charge in [-0.05, 0) is 48.6 Å². The van der Waals surface area contributed by atoms with Gasteiger partial charge in [0.05, 0.1) is 25.9 Å². The van der Waals surface area contributed by atoms with E-state index < -0.39 is 17.5 Å². The maximum absolute atomic E-state index is 14.5. The molecule has 0 spiro atoms. The van der Waals surface area contributed by atoms with Crippen LogP contribution in [0.2, 0.25) is 0 Å². The molecule has 0 aromatic heterocycles. The second-order valence-corrected chi connectivity index (χ2v) is 8.05. The molecule has 0 aromatic carbocycles. The van der Waals surface area contributed by atoms with Gasteiger partial charge in [-0.25, -0.2) is 13.2 Å². The molecule has 5 heteroatoms. The van der Waals surface area contributed by atoms with E-state index in [0.29, 0.717) is 25.2 Å². The topological polar surface area (TPSA) is 18.5 Å². The molecule has 0 aliphatic heterocycles. The van der Waals surface area contributed by atoms with Gasteiger partial charge >= 0.3 is 0 Å². The molecule has 0 radical (unpaired) electrons. The quantitative estimate of drug-likeness (QED) is 0.119. The van der Waals surface area contributed by atoms with Gasteiger partial charge in [0.1, 0.15) is 5.83 Å². The van der Waals surface area contributed by atoms with E-state index in [1.54, 1.807) is 6.08 Å². The van der Waals surface area contributed by atoms with Crippen LogP contribution in [0.25, 0.3) is 0 Å². The standard InChI is InChI=1S/C29H37F3O2/c1-11-12-15-33-17-24(8)28(31)29(32)26(10)21(5)14-13-20(4)22(6)16-27(30)25(9)23(7)18-34-19(2)3/h11,13-14,16,19,23H,1,4-6,8-10,12,15,17-18H2,2-3,7H3/b14-13-,27-16+,29-28-. The van der Waals surface area contributed by atoms with Gasteiger partial charge in [-0.15, -0.1) is 6.58 Å². The van der Waals surface area contributed by atoms with E-state index in [1.807, 2.05) is 20.8 Å². The van der Waals surface area contributed by atoms with Crippen LogP contribution in [0.1, 0.15) is 27.2 Å². The average molecular weight is 475 g/mol. The third kappa shape index (κ3) is 11.3. The average Bonchev–Trinajstić information content (AvgIpc) is 2.80. The van der Waals surface area contributed by atoms with Crippen LogP contribution in [-0.4, -0.2) is 25.9 Å². The fourth-order valence-corrected chi connectivity index (χ4v) is 2.27. The van der Waals surface area contributed by atoms with E-state index in [9.17, 15) is 13.2 Å². The molecule has 34 heavy (non-hydrogen) atoms. The van der Waals surface area contributed by atoms with E-state index in [4.69, 9.17) is 9.47 Å². The van der Waals surface area contributed by atoms with Gasteiger partial charge in [0.15, 0.2) is 11.7 Å². The minimum atomic E-state index is -1.18. The fraction of sp³-hybridized carbons (Fsp3) is 0.310. The molecular formula is C29H37F3O2. The SMILES string of the molecule is C=CCCOCC(=C)/C(F)=C(/F)C(=C)C(=C)/C=C\C(=C)C(=C)/C=C(/F)C(=C)C(C)COC(C)C. The summed E-state index contributed by atoms with van der Waals surface area (Å²) >= 11 is 0. The molecule has 0 saturated heterocycles. The Hall–Kier alpha value is -2.89. The first-order valence-electron chi connectivity index (χ1n) is 10.9. The molecule has 0 N–H and O–H groups in total. The predicted octanol–water partition coefficient (Wildman–Crippen LogP) is 8.54. The number of ether oxygens (including phenoxy) is 2. The van der Waals surface area contributed by atoms with Crippen molar-refractivity contribution in [1.82, 2.24) is 0 Å². The van der Waals surface area contributed by atoms with Crippen molar-refractivity contribution in [3.63, 3.8) is 0 Å². The van der Waals surface area contributed by atoms with E-state index in [1.165, 1.54) is 18.2 Å². The van der Waals surface area contributed by atoms with Gasteiger partial charge in [-0.3, -0.25) is 0 Å². The van der Waals surface area contributed by atoms with E-state index >= 15 is 0 Å². The summed E-state index contributed by atoms with van der Waals surface area (Å²) in [4.78, 5) is 0. The van der Waals surface area contributed by atoms with Crippen molar-refractivity contribution in [3.8, 4) is 0 Å². The van der Waals surface area contributed by atoms with E-state index in [0.717, 1.165) is 0 Å². The Morgan fingerprint density at radius 2 is 1.44 bits per heavy atom. The number of halogens is 3. The Balaban J connectivity index is 5.09. The summed E-state index contributed by atoms with van der Waals surface area (Å²) in [6.45, 7) is 31.8. The van der Waals surface area contributed by atoms with Crippen molar-refractivity contribution in [2.24, 2.45) is 5.92 Å². The normalized spacial score (nSPS) is 13.4. The highest BCUT2D eigenvalue weighted by atomic mass is 19.2. The highest BCUT2D eigenvalue weighted by molar-refractivity contribution is 5.53. The first-order chi connectivity index (χ1) is 15.8. The number of hydrogen-bond acceptors (Lipinski definition) is 2. The summed E-state index contributed by atoms with van der Waals surface area (Å²) in [6, 6.07) is 0. The number of rotatable bonds is 17. The highest BCUT2D eigenvalue weighted by Crippen LogP contribution is 2.27. The van der Waals surface area contributed by atoms with Crippen molar-refractivity contribution < 1.29 is 22.6 Å². The molecule has 0 saturated carbocycles. The molecule has 1 unspecified atom stereocenters. The first-order valence-corrected chi connectivity index (χ1v) is 10.9. The van der Waals surface area contributed by atoms with Gasteiger partial charge < -0.3 is 9.47 Å². The third-order valence-electron chi connectivity index (χ3n) is 4.68. The second-order valence-electron chi connectivity index (χ2n) is 8.05. The Kier molecular flexibility index (Phi) is 14.5. The lowest BCUT2D eigenvalue weighted by atomic mass is 9.99. The molecule has 0 bridgehead atoms. The van der Waals surface area contributed by atoms with E-state index in [2.05, 4.69) is 46.1 Å². The lowest BCUT2D eigenvalue weighted by molar-refractivity contribution is 0.0626. The Morgan fingerprint density at radius 3 is 2.00 bits per heavy atom. The summed E-state index contributed by atoms with van der Waals surface area (Å²) in [6.07, 6.45) is 6.35. The summed E-state index contributed by atoms with van der Waals surface area (Å²) in [7, 11) is 0. The Labute approximate surface area is 203 Å². The summed E-state index contributed by atoms with van der Waals surface area (Å²) in [5.74, 6) is -3.09. The molecular weight excluding hydrogens is 437 g/mol. The van der Waals surface area contributed by atoms with Crippen LogP contribution in [0.3, 0.4) is 0 Å². The summed E-state index contributed by atoms with van der Waals surface area (Å²) in [5, 5.41) is 0. The zero-order valence-corrected chi connectivity index (χ0v) is 20.7. The van der Waals surface area contributed by atoms with E-state index in [-0.39, 0.29) is 46.5 Å². The molecule has 0 fully saturated rings. The Morgan fingerprint density at radius 1 is 0.853 bits per heavy atom. The maximum Gasteiger partial charge on any atom is 0.166 e. The zero-order chi connectivity index (χ0) is 26.4. The smallest absolute Gasteiger partial charge is 0.166 e. The van der Waals surface area contributed by atoms with Crippen LogP contribution < -0.4 is 0 Å². The minimum absolute atomic E-state index is 0.0342. The number of allylic oxidation sites excluding steroid dienone is 9. The van der Waals surface area contributed by atoms with Crippen molar-refractivity contribution in [3.05, 3.63) is 121 Å². The van der Waals surface area contributed by atoms with Gasteiger partial charge in [0.25, 0.3) is 0 Å². The zero-order valence-electron chi connectivity index (χ0n) is 20.7.